The van der Waals surface area contributed by atoms with Gasteiger partial charge in [0.05, 0.1) is 18.5 Å². The Morgan fingerprint density at radius 2 is 1.39 bits per heavy atom. The first-order valence-corrected chi connectivity index (χ1v) is 12.2. The van der Waals surface area contributed by atoms with Gasteiger partial charge < -0.3 is 10.6 Å². The predicted octanol–water partition coefficient (Wildman–Crippen LogP) is 4.48. The third-order valence-electron chi connectivity index (χ3n) is 5.18. The minimum atomic E-state index is -3.50. The van der Waals surface area contributed by atoms with Crippen LogP contribution >= 0.6 is 0 Å². The fourth-order valence-electron chi connectivity index (χ4n) is 3.25. The maximum absolute atomic E-state index is 12.6. The Morgan fingerprint density at radius 1 is 0.818 bits per heavy atom. The lowest BCUT2D eigenvalue weighted by molar-refractivity contribution is -0.114. The minimum absolute atomic E-state index is 0.161. The number of anilines is 3. The summed E-state index contributed by atoms with van der Waals surface area (Å²) in [5.74, 6) is -0.457. The monoisotopic (exact) mass is 465 g/mol. The van der Waals surface area contributed by atoms with Gasteiger partial charge in [-0.15, -0.1) is 0 Å². The van der Waals surface area contributed by atoms with Crippen molar-refractivity contribution < 1.29 is 18.0 Å². The lowest BCUT2D eigenvalue weighted by atomic mass is 10.1. The van der Waals surface area contributed by atoms with Crippen molar-refractivity contribution in [3.8, 4) is 0 Å². The van der Waals surface area contributed by atoms with Crippen LogP contribution in [-0.2, 0) is 21.4 Å². The summed E-state index contributed by atoms with van der Waals surface area (Å²) in [5.41, 5.74) is 5.15. The van der Waals surface area contributed by atoms with E-state index >= 15 is 0 Å². The molecule has 2 N–H and O–H groups in total. The molecule has 0 spiro atoms. The highest BCUT2D eigenvalue weighted by molar-refractivity contribution is 7.92. The molecule has 0 aliphatic carbocycles. The number of carbonyl (C=O) groups is 2. The van der Waals surface area contributed by atoms with Crippen LogP contribution in [0.25, 0.3) is 0 Å². The Kier molecular flexibility index (Phi) is 7.18. The fraction of sp³-hybridized carbons (Fsp3) is 0.200. The SMILES string of the molecule is CC(=O)Nc1ccc(NC(=O)c2ccc(CN(c3ccc(C)c(C)c3)S(C)(=O)=O)cc2)cc1. The second kappa shape index (κ2) is 9.87. The zero-order chi connectivity index (χ0) is 24.2. The fourth-order valence-corrected chi connectivity index (χ4v) is 4.13. The first-order valence-electron chi connectivity index (χ1n) is 10.4. The largest absolute Gasteiger partial charge is 0.326 e. The molecule has 2 amide bonds. The number of aryl methyl sites for hydroxylation is 2. The lowest BCUT2D eigenvalue weighted by Crippen LogP contribution is -2.29. The molecule has 0 aliphatic rings. The van der Waals surface area contributed by atoms with Crippen LogP contribution in [0.15, 0.2) is 66.7 Å². The molecule has 0 aliphatic heterocycles. The molecule has 33 heavy (non-hydrogen) atoms. The van der Waals surface area contributed by atoms with Gasteiger partial charge in [0.2, 0.25) is 15.9 Å². The van der Waals surface area contributed by atoms with E-state index < -0.39 is 10.0 Å². The molecule has 3 aromatic rings. The van der Waals surface area contributed by atoms with E-state index in [0.717, 1.165) is 16.7 Å². The first-order chi connectivity index (χ1) is 15.5. The van der Waals surface area contributed by atoms with E-state index in [9.17, 15) is 18.0 Å². The number of benzene rings is 3. The molecular formula is C25H27N3O4S. The highest BCUT2D eigenvalue weighted by Crippen LogP contribution is 2.24. The molecule has 0 atom stereocenters. The maximum atomic E-state index is 12.6. The summed E-state index contributed by atoms with van der Waals surface area (Å²) in [6, 6.07) is 19.2. The molecule has 0 heterocycles. The van der Waals surface area contributed by atoms with Crippen molar-refractivity contribution in [2.24, 2.45) is 0 Å². The van der Waals surface area contributed by atoms with E-state index in [-0.39, 0.29) is 18.4 Å². The van der Waals surface area contributed by atoms with Crippen molar-refractivity contribution in [1.82, 2.24) is 0 Å². The number of nitrogens with one attached hydrogen (secondary N) is 2. The summed E-state index contributed by atoms with van der Waals surface area (Å²) >= 11 is 0. The number of nitrogens with zero attached hydrogens (tertiary/aromatic N) is 1. The Labute approximate surface area is 194 Å². The van der Waals surface area contributed by atoms with E-state index in [1.807, 2.05) is 26.0 Å². The molecule has 0 saturated heterocycles. The highest BCUT2D eigenvalue weighted by Gasteiger charge is 2.18. The number of sulfonamides is 1. The summed E-state index contributed by atoms with van der Waals surface area (Å²) in [5, 5.41) is 5.47. The molecule has 3 rings (SSSR count). The van der Waals surface area contributed by atoms with Gasteiger partial charge in [0.1, 0.15) is 0 Å². The molecule has 0 unspecified atom stereocenters. The van der Waals surface area contributed by atoms with Crippen LogP contribution in [0, 0.1) is 13.8 Å². The Balaban J connectivity index is 1.72. The van der Waals surface area contributed by atoms with Crippen molar-refractivity contribution >= 4 is 38.9 Å². The zero-order valence-corrected chi connectivity index (χ0v) is 19.9. The van der Waals surface area contributed by atoms with E-state index in [1.165, 1.54) is 17.5 Å². The van der Waals surface area contributed by atoms with E-state index in [4.69, 9.17) is 0 Å². The second-order valence-electron chi connectivity index (χ2n) is 7.95. The van der Waals surface area contributed by atoms with Gasteiger partial charge in [0.15, 0.2) is 0 Å². The average molecular weight is 466 g/mol. The molecule has 0 bridgehead atoms. The third-order valence-corrected chi connectivity index (χ3v) is 6.32. The van der Waals surface area contributed by atoms with Crippen molar-refractivity contribution in [2.45, 2.75) is 27.3 Å². The van der Waals surface area contributed by atoms with Crippen LogP contribution in [0.1, 0.15) is 34.0 Å². The first kappa shape index (κ1) is 24.0. The number of amides is 2. The van der Waals surface area contributed by atoms with Gasteiger partial charge in [-0.25, -0.2) is 8.42 Å². The van der Waals surface area contributed by atoms with Gasteiger partial charge >= 0.3 is 0 Å². The number of hydrogen-bond acceptors (Lipinski definition) is 4. The number of rotatable bonds is 7. The number of hydrogen-bond donors (Lipinski definition) is 2. The molecule has 8 heteroatoms. The summed E-state index contributed by atoms with van der Waals surface area (Å²) in [6.07, 6.45) is 1.18. The highest BCUT2D eigenvalue weighted by atomic mass is 32.2. The Morgan fingerprint density at radius 3 is 1.91 bits per heavy atom. The number of carbonyl (C=O) groups excluding carboxylic acids is 2. The second-order valence-corrected chi connectivity index (χ2v) is 9.85. The van der Waals surface area contributed by atoms with Gasteiger partial charge in [-0.1, -0.05) is 18.2 Å². The molecule has 0 fully saturated rings. The molecule has 3 aromatic carbocycles. The zero-order valence-electron chi connectivity index (χ0n) is 19.0. The van der Waals surface area contributed by atoms with Crippen molar-refractivity contribution in [2.75, 3.05) is 21.2 Å². The van der Waals surface area contributed by atoms with Gasteiger partial charge in [-0.3, -0.25) is 13.9 Å². The quantitative estimate of drug-likeness (QED) is 0.538. The van der Waals surface area contributed by atoms with Gasteiger partial charge in [-0.2, -0.15) is 0 Å². The smallest absolute Gasteiger partial charge is 0.255 e. The Bertz CT molecular complexity index is 1270. The third kappa shape index (κ3) is 6.43. The summed E-state index contributed by atoms with van der Waals surface area (Å²) in [7, 11) is -3.50. The van der Waals surface area contributed by atoms with Gasteiger partial charge in [0.25, 0.3) is 5.91 Å². The van der Waals surface area contributed by atoms with Crippen LogP contribution in [0.2, 0.25) is 0 Å². The van der Waals surface area contributed by atoms with Crippen LogP contribution in [-0.4, -0.2) is 26.5 Å². The molecule has 0 aromatic heterocycles. The molecular weight excluding hydrogens is 438 g/mol. The van der Waals surface area contributed by atoms with Crippen LogP contribution in [0.3, 0.4) is 0 Å². The average Bonchev–Trinajstić information content (AvgIpc) is 2.75. The van der Waals surface area contributed by atoms with Crippen molar-refractivity contribution in [3.63, 3.8) is 0 Å². The van der Waals surface area contributed by atoms with E-state index in [1.54, 1.807) is 54.6 Å². The summed E-state index contributed by atoms with van der Waals surface area (Å²) in [4.78, 5) is 23.7. The van der Waals surface area contributed by atoms with Crippen molar-refractivity contribution in [3.05, 3.63) is 89.0 Å². The summed E-state index contributed by atoms with van der Waals surface area (Å²) < 4.78 is 26.2. The van der Waals surface area contributed by atoms with Gasteiger partial charge in [-0.05, 0) is 79.1 Å². The van der Waals surface area contributed by atoms with Crippen LogP contribution in [0.4, 0.5) is 17.1 Å². The molecule has 0 saturated carbocycles. The normalized spacial score (nSPS) is 11.0. The predicted molar refractivity (Wildman–Crippen MR) is 132 cm³/mol. The maximum Gasteiger partial charge on any atom is 0.255 e. The lowest BCUT2D eigenvalue weighted by Gasteiger charge is -2.23. The van der Waals surface area contributed by atoms with E-state index in [0.29, 0.717) is 22.6 Å². The topological polar surface area (TPSA) is 95.6 Å². The van der Waals surface area contributed by atoms with E-state index in [2.05, 4.69) is 10.6 Å². The van der Waals surface area contributed by atoms with Crippen LogP contribution in [0.5, 0.6) is 0 Å². The molecule has 172 valence electrons. The van der Waals surface area contributed by atoms with Crippen LogP contribution < -0.4 is 14.9 Å². The molecule has 7 nitrogen and oxygen atoms in total. The molecule has 0 radical (unpaired) electrons. The standard InChI is InChI=1S/C25H27N3O4S/c1-17-5-14-24(15-18(17)2)28(33(4,31)32)16-20-6-8-21(9-7-20)25(30)27-23-12-10-22(11-13-23)26-19(3)29/h5-15H,16H2,1-4H3,(H,26,29)(H,27,30). The Hall–Kier alpha value is -3.65. The van der Waals surface area contributed by atoms with Crippen molar-refractivity contribution in [1.29, 1.82) is 0 Å². The minimum Gasteiger partial charge on any atom is -0.326 e. The van der Waals surface area contributed by atoms with Gasteiger partial charge in [0, 0.05) is 23.9 Å². The summed E-state index contributed by atoms with van der Waals surface area (Å²) in [6.45, 7) is 5.51.